The summed E-state index contributed by atoms with van der Waals surface area (Å²) in [4.78, 5) is 16.1. The third kappa shape index (κ3) is 4.14. The largest absolute Gasteiger partial charge is 0.506 e. The molecule has 0 aliphatic carbocycles. The lowest BCUT2D eigenvalue weighted by Gasteiger charge is -2.19. The highest BCUT2D eigenvalue weighted by Crippen LogP contribution is 2.30. The van der Waals surface area contributed by atoms with Gasteiger partial charge in [0.25, 0.3) is 0 Å². The number of carbonyl (C=O) groups is 1. The molecule has 1 aliphatic rings. The maximum absolute atomic E-state index is 12.0. The second-order valence-corrected chi connectivity index (χ2v) is 6.42. The molecule has 4 nitrogen and oxygen atoms in total. The predicted molar refractivity (Wildman–Crippen MR) is 84.5 cm³/mol. The van der Waals surface area contributed by atoms with E-state index in [1.807, 2.05) is 0 Å². The fraction of sp³-hybridized carbons (Fsp3) is 0.429. The van der Waals surface area contributed by atoms with Crippen molar-refractivity contribution in [3.63, 3.8) is 0 Å². The maximum Gasteiger partial charge on any atom is 0.157 e. The number of hydrogen-bond donors (Lipinski definition) is 1. The van der Waals surface area contributed by atoms with E-state index in [4.69, 9.17) is 4.74 Å². The summed E-state index contributed by atoms with van der Waals surface area (Å²) >= 11 is 6.60. The number of phenolic OH excluding ortho intramolecular Hbond substituents is 1. The molecule has 2 rings (SSSR count). The van der Waals surface area contributed by atoms with Gasteiger partial charge >= 0.3 is 0 Å². The van der Waals surface area contributed by atoms with Gasteiger partial charge in [0.2, 0.25) is 0 Å². The second kappa shape index (κ2) is 7.33. The van der Waals surface area contributed by atoms with Crippen LogP contribution < -0.4 is 0 Å². The number of aliphatic imine (C=N–C) groups is 1. The van der Waals surface area contributed by atoms with Crippen LogP contribution in [0.15, 0.2) is 26.1 Å². The zero-order chi connectivity index (χ0) is 14.5. The Balaban J connectivity index is 1.98. The van der Waals surface area contributed by atoms with Crippen LogP contribution in [0.25, 0.3) is 0 Å². The Morgan fingerprint density at radius 3 is 2.80 bits per heavy atom. The van der Waals surface area contributed by atoms with Crippen LogP contribution in [0.5, 0.6) is 5.75 Å². The molecule has 1 saturated heterocycles. The van der Waals surface area contributed by atoms with Crippen LogP contribution >= 0.6 is 31.9 Å². The molecule has 0 saturated carbocycles. The number of nitrogens with zero attached hydrogens (tertiary/aromatic N) is 1. The van der Waals surface area contributed by atoms with Gasteiger partial charge in [-0.1, -0.05) is 15.9 Å². The molecule has 0 radical (unpaired) electrons. The minimum Gasteiger partial charge on any atom is -0.506 e. The molecule has 0 aromatic heterocycles. The molecular weight excluding hydrogens is 390 g/mol. The van der Waals surface area contributed by atoms with Gasteiger partial charge in [-0.2, -0.15) is 0 Å². The third-order valence-corrected chi connectivity index (χ3v) is 4.27. The first-order valence-corrected chi connectivity index (χ1v) is 7.95. The lowest BCUT2D eigenvalue weighted by molar-refractivity contribution is -0.124. The van der Waals surface area contributed by atoms with Crippen molar-refractivity contribution in [1.82, 2.24) is 0 Å². The number of halogens is 2. The maximum atomic E-state index is 12.0. The van der Waals surface area contributed by atoms with Gasteiger partial charge in [0.1, 0.15) is 5.75 Å². The second-order valence-electron chi connectivity index (χ2n) is 4.65. The van der Waals surface area contributed by atoms with E-state index < -0.39 is 0 Å². The van der Waals surface area contributed by atoms with Crippen LogP contribution in [0.2, 0.25) is 0 Å². The highest BCUT2D eigenvalue weighted by Gasteiger charge is 2.20. The van der Waals surface area contributed by atoms with E-state index in [-0.39, 0.29) is 24.0 Å². The molecule has 20 heavy (non-hydrogen) atoms. The van der Waals surface area contributed by atoms with E-state index in [0.717, 1.165) is 17.3 Å². The average molecular weight is 405 g/mol. The standard InChI is InChI=1S/C14H15Br2NO3/c15-11-5-10(14(19)12(16)6-11)7-17-8-13(18)9-1-3-20-4-2-9/h5-7,9,19H,1-4,8H2. The number of aromatic hydroxyl groups is 1. The first kappa shape index (κ1) is 15.7. The molecule has 1 aromatic carbocycles. The third-order valence-electron chi connectivity index (χ3n) is 3.21. The Hall–Kier alpha value is -0.720. The number of phenols is 1. The first-order valence-electron chi connectivity index (χ1n) is 6.36. The summed E-state index contributed by atoms with van der Waals surface area (Å²) in [6.07, 6.45) is 3.09. The van der Waals surface area contributed by atoms with Gasteiger partial charge in [0.05, 0.1) is 11.0 Å². The van der Waals surface area contributed by atoms with E-state index in [1.165, 1.54) is 6.21 Å². The molecule has 108 valence electrons. The predicted octanol–water partition coefficient (Wildman–Crippen LogP) is 3.33. The van der Waals surface area contributed by atoms with Crippen LogP contribution in [-0.2, 0) is 9.53 Å². The van der Waals surface area contributed by atoms with Gasteiger partial charge in [-0.25, -0.2) is 0 Å². The van der Waals surface area contributed by atoms with Crippen molar-refractivity contribution in [1.29, 1.82) is 0 Å². The SMILES string of the molecule is O=C(CN=Cc1cc(Br)cc(Br)c1O)C1CCOCC1. The number of rotatable bonds is 4. The van der Waals surface area contributed by atoms with E-state index in [0.29, 0.717) is 23.2 Å². The number of carbonyl (C=O) groups excluding carboxylic acids is 1. The van der Waals surface area contributed by atoms with Gasteiger partial charge in [-0.05, 0) is 40.9 Å². The molecule has 1 aromatic rings. The Morgan fingerprint density at radius 1 is 1.40 bits per heavy atom. The summed E-state index contributed by atoms with van der Waals surface area (Å²) in [7, 11) is 0. The molecule has 1 N–H and O–H groups in total. The molecular formula is C14H15Br2NO3. The normalized spacial score (nSPS) is 16.7. The zero-order valence-electron chi connectivity index (χ0n) is 10.8. The molecule has 0 unspecified atom stereocenters. The summed E-state index contributed by atoms with van der Waals surface area (Å²) in [5.41, 5.74) is 0.575. The molecule has 0 atom stereocenters. The summed E-state index contributed by atoms with van der Waals surface area (Å²) in [5, 5.41) is 9.88. The molecule has 1 fully saturated rings. The average Bonchev–Trinajstić information content (AvgIpc) is 2.44. The smallest absolute Gasteiger partial charge is 0.157 e. The zero-order valence-corrected chi connectivity index (χ0v) is 14.0. The van der Waals surface area contributed by atoms with E-state index >= 15 is 0 Å². The first-order chi connectivity index (χ1) is 9.58. The van der Waals surface area contributed by atoms with Crippen molar-refractivity contribution in [2.24, 2.45) is 10.9 Å². The van der Waals surface area contributed by atoms with Crippen LogP contribution in [-0.4, -0.2) is 36.9 Å². The lowest BCUT2D eigenvalue weighted by atomic mass is 9.95. The molecule has 0 bridgehead atoms. The van der Waals surface area contributed by atoms with Gasteiger partial charge in [-0.15, -0.1) is 0 Å². The van der Waals surface area contributed by atoms with E-state index in [9.17, 15) is 9.90 Å². The van der Waals surface area contributed by atoms with Crippen molar-refractivity contribution in [2.75, 3.05) is 19.8 Å². The van der Waals surface area contributed by atoms with Crippen LogP contribution in [0.3, 0.4) is 0 Å². The van der Waals surface area contributed by atoms with E-state index in [1.54, 1.807) is 12.1 Å². The minimum absolute atomic E-state index is 0.0590. The van der Waals surface area contributed by atoms with E-state index in [2.05, 4.69) is 36.9 Å². The van der Waals surface area contributed by atoms with Crippen LogP contribution in [0.4, 0.5) is 0 Å². The van der Waals surface area contributed by atoms with Gasteiger partial charge in [0.15, 0.2) is 5.78 Å². The highest BCUT2D eigenvalue weighted by molar-refractivity contribution is 9.11. The quantitative estimate of drug-likeness (QED) is 0.783. The number of hydrogen-bond acceptors (Lipinski definition) is 4. The Bertz CT molecular complexity index is 525. The van der Waals surface area contributed by atoms with Crippen molar-refractivity contribution < 1.29 is 14.6 Å². The van der Waals surface area contributed by atoms with Gasteiger partial charge in [-0.3, -0.25) is 9.79 Å². The summed E-state index contributed by atoms with van der Waals surface area (Å²) < 4.78 is 6.65. The van der Waals surface area contributed by atoms with Gasteiger partial charge < -0.3 is 9.84 Å². The molecule has 1 heterocycles. The van der Waals surface area contributed by atoms with Crippen LogP contribution in [0, 0.1) is 5.92 Å². The summed E-state index contributed by atoms with van der Waals surface area (Å²) in [6.45, 7) is 1.45. The number of ketones is 1. The fourth-order valence-corrected chi connectivity index (χ4v) is 3.33. The number of benzene rings is 1. The van der Waals surface area contributed by atoms with Gasteiger partial charge in [0, 0.05) is 35.4 Å². The van der Waals surface area contributed by atoms with Crippen LogP contribution in [0.1, 0.15) is 18.4 Å². The fourth-order valence-electron chi connectivity index (χ4n) is 2.07. The molecule has 0 spiro atoms. The Labute approximate surface area is 134 Å². The molecule has 0 amide bonds. The monoisotopic (exact) mass is 403 g/mol. The van der Waals surface area contributed by atoms with Crippen molar-refractivity contribution in [2.45, 2.75) is 12.8 Å². The Morgan fingerprint density at radius 2 is 2.10 bits per heavy atom. The minimum atomic E-state index is 0.0590. The topological polar surface area (TPSA) is 58.9 Å². The lowest BCUT2D eigenvalue weighted by Crippen LogP contribution is -2.25. The molecule has 1 aliphatic heterocycles. The van der Waals surface area contributed by atoms with Crippen molar-refractivity contribution >= 4 is 43.9 Å². The summed E-state index contributed by atoms with van der Waals surface area (Å²) in [6, 6.07) is 3.50. The molecule has 6 heteroatoms. The van der Waals surface area contributed by atoms with Crippen molar-refractivity contribution in [3.8, 4) is 5.75 Å². The summed E-state index contributed by atoms with van der Waals surface area (Å²) in [5.74, 6) is 0.317. The number of ether oxygens (including phenoxy) is 1. The highest BCUT2D eigenvalue weighted by atomic mass is 79.9. The number of Topliss-reactive ketones (excluding diaryl/α,β-unsaturated/α-hetero) is 1. The van der Waals surface area contributed by atoms with Crippen molar-refractivity contribution in [3.05, 3.63) is 26.6 Å². The Kier molecular flexibility index (Phi) is 5.74.